The summed E-state index contributed by atoms with van der Waals surface area (Å²) in [6.07, 6.45) is 0. The van der Waals surface area contributed by atoms with Gasteiger partial charge in [-0.2, -0.15) is 0 Å². The number of methoxy groups -OCH3 is 1. The zero-order valence-corrected chi connectivity index (χ0v) is 13.6. The monoisotopic (exact) mass is 381 g/mol. The first-order chi connectivity index (χ1) is 8.76. The van der Waals surface area contributed by atoms with Gasteiger partial charge in [-0.1, -0.05) is 12.1 Å². The fourth-order valence-corrected chi connectivity index (χ4v) is 1.37. The highest BCUT2D eigenvalue weighted by Crippen LogP contribution is 2.03. The molecule has 0 saturated carbocycles. The highest BCUT2D eigenvalue weighted by atomic mass is 127. The maximum absolute atomic E-state index is 12.7. The van der Waals surface area contributed by atoms with Crippen LogP contribution in [-0.4, -0.2) is 32.8 Å². The van der Waals surface area contributed by atoms with Gasteiger partial charge in [-0.05, 0) is 24.6 Å². The minimum Gasteiger partial charge on any atom is -0.383 e. The average molecular weight is 381 g/mol. The first kappa shape index (κ1) is 18.1. The minimum atomic E-state index is -0.229. The molecule has 0 radical (unpaired) electrons. The molecule has 0 aliphatic carbocycles. The van der Waals surface area contributed by atoms with E-state index in [1.54, 1.807) is 19.2 Å². The Morgan fingerprint density at radius 2 is 1.95 bits per heavy atom. The van der Waals surface area contributed by atoms with Crippen molar-refractivity contribution in [3.05, 3.63) is 35.6 Å². The van der Waals surface area contributed by atoms with Crippen molar-refractivity contribution in [1.29, 1.82) is 0 Å². The maximum Gasteiger partial charge on any atom is 0.191 e. The zero-order chi connectivity index (χ0) is 13.2. The van der Waals surface area contributed by atoms with Crippen LogP contribution >= 0.6 is 24.0 Å². The lowest BCUT2D eigenvalue weighted by Gasteiger charge is -2.10. The van der Waals surface area contributed by atoms with Crippen LogP contribution in [0.2, 0.25) is 0 Å². The molecule has 4 nitrogen and oxygen atoms in total. The van der Waals surface area contributed by atoms with E-state index in [0.29, 0.717) is 19.7 Å². The van der Waals surface area contributed by atoms with Crippen LogP contribution in [0.25, 0.3) is 0 Å². The predicted molar refractivity (Wildman–Crippen MR) is 86.5 cm³/mol. The lowest BCUT2D eigenvalue weighted by molar-refractivity contribution is 0.203. The third-order valence-electron chi connectivity index (χ3n) is 2.28. The summed E-state index contributed by atoms with van der Waals surface area (Å²) in [5.74, 6) is 0.506. The van der Waals surface area contributed by atoms with Crippen molar-refractivity contribution < 1.29 is 9.13 Å². The Hall–Kier alpha value is -0.890. The Morgan fingerprint density at radius 3 is 2.53 bits per heavy atom. The number of nitrogens with one attached hydrogen (secondary N) is 2. The molecule has 0 aliphatic heterocycles. The highest BCUT2D eigenvalue weighted by molar-refractivity contribution is 14.0. The van der Waals surface area contributed by atoms with Gasteiger partial charge in [0.2, 0.25) is 0 Å². The van der Waals surface area contributed by atoms with Crippen molar-refractivity contribution in [2.45, 2.75) is 13.5 Å². The molecule has 19 heavy (non-hydrogen) atoms. The van der Waals surface area contributed by atoms with Crippen LogP contribution in [0.5, 0.6) is 0 Å². The van der Waals surface area contributed by atoms with Gasteiger partial charge in [-0.3, -0.25) is 0 Å². The van der Waals surface area contributed by atoms with Crippen molar-refractivity contribution in [2.75, 3.05) is 26.8 Å². The second-order valence-corrected chi connectivity index (χ2v) is 3.74. The highest BCUT2D eigenvalue weighted by Gasteiger charge is 1.97. The van der Waals surface area contributed by atoms with Gasteiger partial charge in [0.25, 0.3) is 0 Å². The van der Waals surface area contributed by atoms with E-state index in [-0.39, 0.29) is 29.8 Å². The third-order valence-corrected chi connectivity index (χ3v) is 2.28. The summed E-state index contributed by atoms with van der Waals surface area (Å²) in [6.45, 7) is 4.64. The number of guanidine groups is 1. The van der Waals surface area contributed by atoms with Gasteiger partial charge in [0, 0.05) is 20.2 Å². The van der Waals surface area contributed by atoms with Crippen molar-refractivity contribution >= 4 is 29.9 Å². The van der Waals surface area contributed by atoms with Crippen LogP contribution in [0, 0.1) is 5.82 Å². The Labute approximate surface area is 130 Å². The van der Waals surface area contributed by atoms with E-state index < -0.39 is 0 Å². The van der Waals surface area contributed by atoms with E-state index in [4.69, 9.17) is 4.74 Å². The van der Waals surface area contributed by atoms with Crippen LogP contribution in [0.1, 0.15) is 12.5 Å². The van der Waals surface area contributed by atoms with Gasteiger partial charge in [0.1, 0.15) is 5.82 Å². The molecular weight excluding hydrogens is 360 g/mol. The molecule has 1 aromatic rings. The molecule has 0 unspecified atom stereocenters. The summed E-state index contributed by atoms with van der Waals surface area (Å²) < 4.78 is 17.7. The lowest BCUT2D eigenvalue weighted by Crippen LogP contribution is -2.38. The predicted octanol–water partition coefficient (Wildman–Crippen LogP) is 2.15. The zero-order valence-electron chi connectivity index (χ0n) is 11.3. The molecule has 0 spiro atoms. The second kappa shape index (κ2) is 11.0. The Morgan fingerprint density at radius 1 is 1.26 bits per heavy atom. The number of ether oxygens (including phenoxy) is 1. The molecule has 0 amide bonds. The number of halogens is 2. The standard InChI is InChI=1S/C13H20FN3O.HI/c1-3-15-13(16-8-9-18-2)17-10-11-4-6-12(14)7-5-11;/h4-7H,3,8-10H2,1-2H3,(H2,15,16,17);1H. The summed E-state index contributed by atoms with van der Waals surface area (Å²) in [5.41, 5.74) is 0.973. The molecule has 6 heteroatoms. The number of aliphatic imine (C=N–C) groups is 1. The first-order valence-electron chi connectivity index (χ1n) is 6.01. The van der Waals surface area contributed by atoms with Gasteiger partial charge in [0.05, 0.1) is 13.2 Å². The van der Waals surface area contributed by atoms with Gasteiger partial charge in [-0.25, -0.2) is 9.38 Å². The summed E-state index contributed by atoms with van der Waals surface area (Å²) in [6, 6.07) is 6.35. The average Bonchev–Trinajstić information content (AvgIpc) is 2.38. The first-order valence-corrected chi connectivity index (χ1v) is 6.01. The molecular formula is C13H21FIN3O. The van der Waals surface area contributed by atoms with E-state index in [2.05, 4.69) is 15.6 Å². The smallest absolute Gasteiger partial charge is 0.191 e. The summed E-state index contributed by atoms with van der Waals surface area (Å²) in [5, 5.41) is 6.28. The van der Waals surface area contributed by atoms with Crippen LogP contribution in [0.15, 0.2) is 29.3 Å². The van der Waals surface area contributed by atoms with Gasteiger partial charge < -0.3 is 15.4 Å². The number of hydrogen-bond donors (Lipinski definition) is 2. The molecule has 0 bridgehead atoms. The molecule has 0 aliphatic rings. The van der Waals surface area contributed by atoms with E-state index >= 15 is 0 Å². The number of hydrogen-bond acceptors (Lipinski definition) is 2. The third kappa shape index (κ3) is 7.99. The molecule has 2 N–H and O–H groups in total. The topological polar surface area (TPSA) is 45.7 Å². The molecule has 0 heterocycles. The van der Waals surface area contributed by atoms with Gasteiger partial charge in [0.15, 0.2) is 5.96 Å². The summed E-state index contributed by atoms with van der Waals surface area (Å²) >= 11 is 0. The largest absolute Gasteiger partial charge is 0.383 e. The van der Waals surface area contributed by atoms with Crippen molar-refractivity contribution in [2.24, 2.45) is 4.99 Å². The summed E-state index contributed by atoms with van der Waals surface area (Å²) in [7, 11) is 1.66. The van der Waals surface area contributed by atoms with Gasteiger partial charge >= 0.3 is 0 Å². The van der Waals surface area contributed by atoms with Crippen LogP contribution in [0.3, 0.4) is 0 Å². The Kier molecular flexibility index (Phi) is 10.5. The van der Waals surface area contributed by atoms with E-state index in [0.717, 1.165) is 18.1 Å². The number of benzene rings is 1. The summed E-state index contributed by atoms with van der Waals surface area (Å²) in [4.78, 5) is 4.40. The molecule has 0 saturated heterocycles. The SMILES string of the molecule is CCNC(=NCc1ccc(F)cc1)NCCOC.I. The number of rotatable bonds is 6. The molecule has 1 aromatic carbocycles. The molecule has 0 fully saturated rings. The van der Waals surface area contributed by atoms with Crippen molar-refractivity contribution in [3.8, 4) is 0 Å². The quantitative estimate of drug-likeness (QED) is 0.344. The fourth-order valence-electron chi connectivity index (χ4n) is 1.37. The van der Waals surface area contributed by atoms with Crippen LogP contribution in [0.4, 0.5) is 4.39 Å². The molecule has 1 rings (SSSR count). The fraction of sp³-hybridized carbons (Fsp3) is 0.462. The van der Waals surface area contributed by atoms with Crippen molar-refractivity contribution in [1.82, 2.24) is 10.6 Å². The van der Waals surface area contributed by atoms with Gasteiger partial charge in [-0.15, -0.1) is 24.0 Å². The van der Waals surface area contributed by atoms with E-state index in [9.17, 15) is 4.39 Å². The Balaban J connectivity index is 0.00000324. The van der Waals surface area contributed by atoms with Crippen LogP contribution < -0.4 is 10.6 Å². The normalized spacial score (nSPS) is 10.8. The molecule has 0 aromatic heterocycles. The van der Waals surface area contributed by atoms with Crippen LogP contribution in [-0.2, 0) is 11.3 Å². The second-order valence-electron chi connectivity index (χ2n) is 3.74. The molecule has 108 valence electrons. The minimum absolute atomic E-state index is 0. The van der Waals surface area contributed by atoms with E-state index in [1.807, 2.05) is 6.92 Å². The Bertz CT molecular complexity index is 371. The van der Waals surface area contributed by atoms with Crippen molar-refractivity contribution in [3.63, 3.8) is 0 Å². The maximum atomic E-state index is 12.7. The molecule has 0 atom stereocenters. The van der Waals surface area contributed by atoms with E-state index in [1.165, 1.54) is 12.1 Å². The number of nitrogens with zero attached hydrogens (tertiary/aromatic N) is 1. The lowest BCUT2D eigenvalue weighted by atomic mass is 10.2.